The minimum absolute atomic E-state index is 0.211. The first-order chi connectivity index (χ1) is 6.70. The summed E-state index contributed by atoms with van der Waals surface area (Å²) in [4.78, 5) is 0. The van der Waals surface area contributed by atoms with Gasteiger partial charge in [-0.15, -0.1) is 11.3 Å². The van der Waals surface area contributed by atoms with Crippen LogP contribution in [-0.4, -0.2) is 11.7 Å². The monoisotopic (exact) mass is 209 g/mol. The topological polar surface area (TPSA) is 55.5 Å². The number of ether oxygens (including phenoxy) is 1. The number of fused-ring (bicyclic) bond motifs is 1. The Labute approximate surface area is 85.7 Å². The van der Waals surface area contributed by atoms with Gasteiger partial charge < -0.3 is 15.6 Å². The van der Waals surface area contributed by atoms with Crippen molar-refractivity contribution in [2.45, 2.75) is 6.92 Å². The SMILES string of the molecule is CCOc1cc(O)cc2sc(N)cc12. The molecule has 0 spiro atoms. The van der Waals surface area contributed by atoms with Crippen molar-refractivity contribution in [2.24, 2.45) is 0 Å². The van der Waals surface area contributed by atoms with Gasteiger partial charge in [-0.05, 0) is 19.1 Å². The molecule has 0 unspecified atom stereocenters. The van der Waals surface area contributed by atoms with Crippen molar-refractivity contribution in [3.63, 3.8) is 0 Å². The number of benzene rings is 1. The van der Waals surface area contributed by atoms with Crippen LogP contribution < -0.4 is 10.5 Å². The van der Waals surface area contributed by atoms with Gasteiger partial charge in [0.25, 0.3) is 0 Å². The second-order valence-corrected chi connectivity index (χ2v) is 4.05. The van der Waals surface area contributed by atoms with Crippen molar-refractivity contribution in [1.29, 1.82) is 0 Å². The van der Waals surface area contributed by atoms with Crippen LogP contribution in [0.2, 0.25) is 0 Å². The molecule has 0 aliphatic carbocycles. The highest BCUT2D eigenvalue weighted by Gasteiger charge is 2.07. The molecule has 1 heterocycles. The lowest BCUT2D eigenvalue weighted by atomic mass is 10.2. The molecule has 3 N–H and O–H groups in total. The van der Waals surface area contributed by atoms with Gasteiger partial charge in [0.1, 0.15) is 11.5 Å². The second-order valence-electron chi connectivity index (χ2n) is 2.94. The van der Waals surface area contributed by atoms with E-state index < -0.39 is 0 Å². The molecule has 0 atom stereocenters. The van der Waals surface area contributed by atoms with E-state index in [1.54, 1.807) is 12.1 Å². The molecule has 0 bridgehead atoms. The number of phenols is 1. The Bertz CT molecular complexity index is 464. The molecule has 3 nitrogen and oxygen atoms in total. The van der Waals surface area contributed by atoms with Gasteiger partial charge in [-0.1, -0.05) is 0 Å². The van der Waals surface area contributed by atoms with Crippen LogP contribution in [0, 0.1) is 0 Å². The summed E-state index contributed by atoms with van der Waals surface area (Å²) in [5.74, 6) is 0.901. The van der Waals surface area contributed by atoms with E-state index in [1.807, 2.05) is 13.0 Å². The maximum Gasteiger partial charge on any atom is 0.131 e. The maximum absolute atomic E-state index is 9.43. The van der Waals surface area contributed by atoms with Crippen molar-refractivity contribution >= 4 is 26.4 Å². The van der Waals surface area contributed by atoms with Crippen LogP contribution in [0.4, 0.5) is 5.00 Å². The van der Waals surface area contributed by atoms with E-state index in [0.29, 0.717) is 12.4 Å². The fourth-order valence-electron chi connectivity index (χ4n) is 1.39. The third kappa shape index (κ3) is 1.48. The van der Waals surface area contributed by atoms with Gasteiger partial charge in [0.05, 0.1) is 11.6 Å². The van der Waals surface area contributed by atoms with E-state index in [2.05, 4.69) is 0 Å². The molecule has 1 aromatic heterocycles. The fourth-order valence-corrected chi connectivity index (χ4v) is 2.27. The number of hydrogen-bond donors (Lipinski definition) is 2. The molecule has 2 aromatic rings. The smallest absolute Gasteiger partial charge is 0.131 e. The first-order valence-corrected chi connectivity index (χ1v) is 5.17. The summed E-state index contributed by atoms with van der Waals surface area (Å²) in [6.45, 7) is 2.49. The molecule has 74 valence electrons. The van der Waals surface area contributed by atoms with Crippen LogP contribution in [0.25, 0.3) is 10.1 Å². The Hall–Kier alpha value is -1.42. The van der Waals surface area contributed by atoms with Crippen LogP contribution in [-0.2, 0) is 0 Å². The van der Waals surface area contributed by atoms with E-state index in [4.69, 9.17) is 10.5 Å². The number of rotatable bonds is 2. The molecule has 0 aliphatic heterocycles. The summed E-state index contributed by atoms with van der Waals surface area (Å²) >= 11 is 1.44. The van der Waals surface area contributed by atoms with Crippen molar-refractivity contribution in [1.82, 2.24) is 0 Å². The zero-order valence-electron chi connectivity index (χ0n) is 7.78. The van der Waals surface area contributed by atoms with Gasteiger partial charge in [0.15, 0.2) is 0 Å². The average Bonchev–Trinajstić information content (AvgIpc) is 2.45. The Kier molecular flexibility index (Phi) is 2.21. The zero-order valence-corrected chi connectivity index (χ0v) is 8.60. The summed E-state index contributed by atoms with van der Waals surface area (Å²) < 4.78 is 6.35. The van der Waals surface area contributed by atoms with E-state index in [0.717, 1.165) is 15.1 Å². The van der Waals surface area contributed by atoms with Gasteiger partial charge >= 0.3 is 0 Å². The lowest BCUT2D eigenvalue weighted by molar-refractivity contribution is 0.342. The van der Waals surface area contributed by atoms with Gasteiger partial charge in [0.2, 0.25) is 0 Å². The highest BCUT2D eigenvalue weighted by Crippen LogP contribution is 2.37. The first-order valence-electron chi connectivity index (χ1n) is 4.35. The van der Waals surface area contributed by atoms with E-state index in [-0.39, 0.29) is 5.75 Å². The van der Waals surface area contributed by atoms with Gasteiger partial charge in [0, 0.05) is 16.2 Å². The number of aromatic hydroxyl groups is 1. The van der Waals surface area contributed by atoms with Crippen LogP contribution in [0.15, 0.2) is 18.2 Å². The predicted octanol–water partition coefficient (Wildman–Crippen LogP) is 2.59. The summed E-state index contributed by atoms with van der Waals surface area (Å²) in [5.41, 5.74) is 5.69. The minimum atomic E-state index is 0.211. The summed E-state index contributed by atoms with van der Waals surface area (Å²) in [6, 6.07) is 5.17. The van der Waals surface area contributed by atoms with Gasteiger partial charge in [-0.25, -0.2) is 0 Å². The number of hydrogen-bond acceptors (Lipinski definition) is 4. The lowest BCUT2D eigenvalue weighted by Gasteiger charge is -2.04. The third-order valence-electron chi connectivity index (χ3n) is 1.90. The van der Waals surface area contributed by atoms with Crippen molar-refractivity contribution in [3.05, 3.63) is 18.2 Å². The molecule has 0 fully saturated rings. The molecule has 0 amide bonds. The number of anilines is 1. The largest absolute Gasteiger partial charge is 0.508 e. The Balaban J connectivity index is 2.66. The maximum atomic E-state index is 9.43. The average molecular weight is 209 g/mol. The van der Waals surface area contributed by atoms with E-state index >= 15 is 0 Å². The summed E-state index contributed by atoms with van der Waals surface area (Å²) in [6.07, 6.45) is 0. The van der Waals surface area contributed by atoms with Gasteiger partial charge in [-0.3, -0.25) is 0 Å². The molecule has 0 saturated heterocycles. The van der Waals surface area contributed by atoms with E-state index in [1.165, 1.54) is 11.3 Å². The van der Waals surface area contributed by atoms with Crippen molar-refractivity contribution in [3.8, 4) is 11.5 Å². The highest BCUT2D eigenvalue weighted by atomic mass is 32.1. The highest BCUT2D eigenvalue weighted by molar-refractivity contribution is 7.22. The van der Waals surface area contributed by atoms with Crippen LogP contribution >= 0.6 is 11.3 Å². The van der Waals surface area contributed by atoms with E-state index in [9.17, 15) is 5.11 Å². The second kappa shape index (κ2) is 3.38. The summed E-state index contributed by atoms with van der Waals surface area (Å²) in [7, 11) is 0. The third-order valence-corrected chi connectivity index (χ3v) is 2.81. The van der Waals surface area contributed by atoms with Crippen LogP contribution in [0.3, 0.4) is 0 Å². The van der Waals surface area contributed by atoms with Crippen molar-refractivity contribution < 1.29 is 9.84 Å². The quantitative estimate of drug-likeness (QED) is 0.799. The number of phenolic OH excluding ortho intramolecular Hbond substituents is 1. The van der Waals surface area contributed by atoms with Crippen LogP contribution in [0.1, 0.15) is 6.92 Å². The molecule has 0 radical (unpaired) electrons. The standard InChI is InChI=1S/C10H11NO2S/c1-2-13-8-3-6(12)4-9-7(8)5-10(11)14-9/h3-5,12H,2,11H2,1H3. The summed E-state index contributed by atoms with van der Waals surface area (Å²) in [5, 5.41) is 11.1. The fraction of sp³-hybridized carbons (Fsp3) is 0.200. The zero-order chi connectivity index (χ0) is 10.1. The van der Waals surface area contributed by atoms with Crippen LogP contribution in [0.5, 0.6) is 11.5 Å². The first kappa shape index (κ1) is 9.15. The minimum Gasteiger partial charge on any atom is -0.508 e. The van der Waals surface area contributed by atoms with Crippen molar-refractivity contribution in [2.75, 3.05) is 12.3 Å². The molecule has 2 rings (SSSR count). The molecule has 4 heteroatoms. The van der Waals surface area contributed by atoms with Gasteiger partial charge in [-0.2, -0.15) is 0 Å². The number of thiophene rings is 1. The Morgan fingerprint density at radius 2 is 2.21 bits per heavy atom. The molecule has 14 heavy (non-hydrogen) atoms. The predicted molar refractivity (Wildman–Crippen MR) is 59.1 cm³/mol. The number of nitrogen functional groups attached to an aromatic ring is 1. The molecule has 0 saturated carbocycles. The molecular formula is C10H11NO2S. The lowest BCUT2D eigenvalue weighted by Crippen LogP contribution is -1.91. The Morgan fingerprint density at radius 1 is 1.43 bits per heavy atom. The number of nitrogens with two attached hydrogens (primary N) is 1. The normalized spacial score (nSPS) is 10.6. The molecule has 0 aliphatic rings. The Morgan fingerprint density at radius 3 is 2.93 bits per heavy atom. The molecule has 1 aromatic carbocycles. The molecular weight excluding hydrogens is 198 g/mol.